The molecule has 1 unspecified atom stereocenters. The minimum absolute atomic E-state index is 0.0424. The first-order valence-corrected chi connectivity index (χ1v) is 9.46. The average Bonchev–Trinajstić information content (AvgIpc) is 3.12. The maximum atomic E-state index is 13.0. The lowest BCUT2D eigenvalue weighted by molar-refractivity contribution is -0.137. The van der Waals surface area contributed by atoms with Crippen LogP contribution in [0.5, 0.6) is 0 Å². The van der Waals surface area contributed by atoms with E-state index < -0.39 is 0 Å². The highest BCUT2D eigenvalue weighted by Crippen LogP contribution is 2.44. The number of ether oxygens (including phenoxy) is 1. The highest BCUT2D eigenvalue weighted by molar-refractivity contribution is 6.07. The Labute approximate surface area is 162 Å². The molecule has 3 aromatic rings. The molecule has 0 bridgehead atoms. The molecule has 2 aliphatic heterocycles. The highest BCUT2D eigenvalue weighted by atomic mass is 16.5. The van der Waals surface area contributed by atoms with Crippen LogP contribution in [0.1, 0.15) is 29.2 Å². The SMILES string of the molecule is COC(=O)C1=C2c3[nH]c4ccccc4c3CCN2C(=O)CC1c1ccccc1. The van der Waals surface area contributed by atoms with Gasteiger partial charge in [-0.3, -0.25) is 4.79 Å². The second-order valence-electron chi connectivity index (χ2n) is 7.24. The molecule has 1 amide bonds. The van der Waals surface area contributed by atoms with Crippen LogP contribution in [0.4, 0.5) is 0 Å². The van der Waals surface area contributed by atoms with Crippen molar-refractivity contribution >= 4 is 28.5 Å². The summed E-state index contributed by atoms with van der Waals surface area (Å²) in [5.41, 5.74) is 5.22. The van der Waals surface area contributed by atoms with Gasteiger partial charge < -0.3 is 14.6 Å². The van der Waals surface area contributed by atoms with Gasteiger partial charge in [0, 0.05) is 29.8 Å². The number of benzene rings is 2. The van der Waals surface area contributed by atoms with E-state index in [1.165, 1.54) is 7.11 Å². The van der Waals surface area contributed by atoms with Gasteiger partial charge in [-0.15, -0.1) is 0 Å². The van der Waals surface area contributed by atoms with Crippen molar-refractivity contribution in [1.29, 1.82) is 0 Å². The number of rotatable bonds is 2. The van der Waals surface area contributed by atoms with Gasteiger partial charge in [0.25, 0.3) is 0 Å². The summed E-state index contributed by atoms with van der Waals surface area (Å²) in [5.74, 6) is -0.654. The number of nitrogens with zero attached hydrogens (tertiary/aromatic N) is 1. The Balaban J connectivity index is 1.81. The fourth-order valence-corrected chi connectivity index (χ4v) is 4.53. The number of carbonyl (C=O) groups excluding carboxylic acids is 2. The normalized spacial score (nSPS) is 18.8. The zero-order chi connectivity index (χ0) is 19.3. The van der Waals surface area contributed by atoms with Crippen LogP contribution >= 0.6 is 0 Å². The van der Waals surface area contributed by atoms with E-state index in [-0.39, 0.29) is 24.2 Å². The van der Waals surface area contributed by atoms with E-state index in [2.05, 4.69) is 11.1 Å². The van der Waals surface area contributed by atoms with Crippen molar-refractivity contribution in [1.82, 2.24) is 9.88 Å². The van der Waals surface area contributed by atoms with E-state index in [4.69, 9.17) is 4.74 Å². The van der Waals surface area contributed by atoms with Crippen LogP contribution in [0, 0.1) is 0 Å². The number of nitrogens with one attached hydrogen (secondary N) is 1. The second kappa shape index (κ2) is 6.37. The lowest BCUT2D eigenvalue weighted by atomic mass is 9.81. The summed E-state index contributed by atoms with van der Waals surface area (Å²) in [7, 11) is 1.40. The summed E-state index contributed by atoms with van der Waals surface area (Å²) in [5, 5.41) is 1.14. The molecule has 1 atom stereocenters. The molecule has 0 aliphatic carbocycles. The Kier molecular flexibility index (Phi) is 3.83. The number of amides is 1. The van der Waals surface area contributed by atoms with Gasteiger partial charge in [-0.25, -0.2) is 4.79 Å². The first-order chi connectivity index (χ1) is 13.7. The highest BCUT2D eigenvalue weighted by Gasteiger charge is 2.42. The van der Waals surface area contributed by atoms with Gasteiger partial charge in [-0.2, -0.15) is 0 Å². The molecular weight excluding hydrogens is 352 g/mol. The van der Waals surface area contributed by atoms with E-state index in [9.17, 15) is 9.59 Å². The monoisotopic (exact) mass is 372 g/mol. The summed E-state index contributed by atoms with van der Waals surface area (Å²) < 4.78 is 5.17. The van der Waals surface area contributed by atoms with Crippen LogP contribution in [0.3, 0.4) is 0 Å². The standard InChI is InChI=1S/C23H20N2O3/c1-28-23(27)20-17(14-7-3-2-4-8-14)13-19(26)25-12-11-16-15-9-5-6-10-18(15)24-21(16)22(20)25/h2-10,17,24H,11-13H2,1H3. The number of para-hydroxylation sites is 1. The third kappa shape index (κ3) is 2.39. The maximum Gasteiger partial charge on any atom is 0.336 e. The Bertz CT molecular complexity index is 1130. The molecule has 0 spiro atoms. The summed E-state index contributed by atoms with van der Waals surface area (Å²) in [6.07, 6.45) is 1.03. The first kappa shape index (κ1) is 16.8. The van der Waals surface area contributed by atoms with Gasteiger partial charge >= 0.3 is 5.97 Å². The second-order valence-corrected chi connectivity index (χ2v) is 7.24. The molecular formula is C23H20N2O3. The molecule has 5 nitrogen and oxygen atoms in total. The maximum absolute atomic E-state index is 13.0. The van der Waals surface area contributed by atoms with Gasteiger partial charge in [-0.1, -0.05) is 48.5 Å². The van der Waals surface area contributed by atoms with E-state index in [1.807, 2.05) is 48.5 Å². The molecule has 0 saturated carbocycles. The third-order valence-electron chi connectivity index (χ3n) is 5.80. The molecule has 28 heavy (non-hydrogen) atoms. The summed E-state index contributed by atoms with van der Waals surface area (Å²) >= 11 is 0. The predicted molar refractivity (Wildman–Crippen MR) is 106 cm³/mol. The molecule has 140 valence electrons. The van der Waals surface area contributed by atoms with Gasteiger partial charge in [0.2, 0.25) is 5.91 Å². The smallest absolute Gasteiger partial charge is 0.336 e. The largest absolute Gasteiger partial charge is 0.466 e. The molecule has 2 aromatic carbocycles. The minimum Gasteiger partial charge on any atom is -0.466 e. The van der Waals surface area contributed by atoms with Crippen molar-refractivity contribution in [2.24, 2.45) is 0 Å². The Morgan fingerprint density at radius 3 is 2.64 bits per heavy atom. The van der Waals surface area contributed by atoms with Crippen LogP contribution in [-0.2, 0) is 20.7 Å². The van der Waals surface area contributed by atoms with Crippen molar-refractivity contribution in [3.8, 4) is 0 Å². The number of aromatic amines is 1. The van der Waals surface area contributed by atoms with E-state index in [0.29, 0.717) is 17.8 Å². The van der Waals surface area contributed by atoms with Crippen LogP contribution in [0.25, 0.3) is 16.6 Å². The number of aromatic nitrogens is 1. The zero-order valence-corrected chi connectivity index (χ0v) is 15.6. The van der Waals surface area contributed by atoms with Crippen LogP contribution < -0.4 is 0 Å². The molecule has 1 N–H and O–H groups in total. The molecule has 5 heteroatoms. The fraction of sp³-hybridized carbons (Fsp3) is 0.217. The van der Waals surface area contributed by atoms with Crippen molar-refractivity contribution in [2.75, 3.05) is 13.7 Å². The third-order valence-corrected chi connectivity index (χ3v) is 5.80. The minimum atomic E-state index is -0.382. The van der Waals surface area contributed by atoms with Gasteiger partial charge in [0.05, 0.1) is 24.1 Å². The number of hydrogen-bond acceptors (Lipinski definition) is 3. The topological polar surface area (TPSA) is 62.4 Å². The molecule has 0 saturated heterocycles. The van der Waals surface area contributed by atoms with Gasteiger partial charge in [0.15, 0.2) is 0 Å². The van der Waals surface area contributed by atoms with E-state index in [1.54, 1.807) is 4.90 Å². The lowest BCUT2D eigenvalue weighted by Gasteiger charge is -2.38. The summed E-state index contributed by atoms with van der Waals surface area (Å²) in [4.78, 5) is 31.1. The zero-order valence-electron chi connectivity index (χ0n) is 15.6. The van der Waals surface area contributed by atoms with Crippen molar-refractivity contribution < 1.29 is 14.3 Å². The lowest BCUT2D eigenvalue weighted by Crippen LogP contribution is -2.41. The van der Waals surface area contributed by atoms with Crippen molar-refractivity contribution in [3.05, 3.63) is 77.0 Å². The van der Waals surface area contributed by atoms with Gasteiger partial charge in [0.1, 0.15) is 0 Å². The van der Waals surface area contributed by atoms with E-state index >= 15 is 0 Å². The molecule has 2 aliphatic rings. The molecule has 1 aromatic heterocycles. The first-order valence-electron chi connectivity index (χ1n) is 9.46. The Hall–Kier alpha value is -3.34. The quantitative estimate of drug-likeness (QED) is 0.699. The number of H-pyrrole nitrogens is 1. The molecule has 5 rings (SSSR count). The van der Waals surface area contributed by atoms with Crippen LogP contribution in [0.2, 0.25) is 0 Å². The molecule has 3 heterocycles. The van der Waals surface area contributed by atoms with Crippen molar-refractivity contribution in [3.63, 3.8) is 0 Å². The number of fused-ring (bicyclic) bond motifs is 5. The molecule has 0 fully saturated rings. The number of hydrogen-bond donors (Lipinski definition) is 1. The Morgan fingerprint density at radius 1 is 1.11 bits per heavy atom. The predicted octanol–water partition coefficient (Wildman–Crippen LogP) is 3.62. The van der Waals surface area contributed by atoms with Crippen molar-refractivity contribution in [2.45, 2.75) is 18.8 Å². The summed E-state index contributed by atoms with van der Waals surface area (Å²) in [6.45, 7) is 0.574. The number of esters is 1. The molecule has 0 radical (unpaired) electrons. The average molecular weight is 372 g/mol. The van der Waals surface area contributed by atoms with E-state index in [0.717, 1.165) is 34.1 Å². The Morgan fingerprint density at radius 2 is 1.86 bits per heavy atom. The number of carbonyl (C=O) groups is 2. The summed E-state index contributed by atoms with van der Waals surface area (Å²) in [6, 6.07) is 17.8. The van der Waals surface area contributed by atoms with Crippen LogP contribution in [-0.4, -0.2) is 35.4 Å². The number of methoxy groups -OCH3 is 1. The fourth-order valence-electron chi connectivity index (χ4n) is 4.53. The van der Waals surface area contributed by atoms with Gasteiger partial charge in [-0.05, 0) is 23.6 Å². The van der Waals surface area contributed by atoms with Crippen LogP contribution in [0.15, 0.2) is 60.2 Å².